The molecule has 1 rings (SSSR count). The molecule has 0 unspecified atom stereocenters. The van der Waals surface area contributed by atoms with Crippen molar-refractivity contribution in [1.29, 1.82) is 0 Å². The average molecular weight is 239 g/mol. The van der Waals surface area contributed by atoms with Crippen molar-refractivity contribution in [2.75, 3.05) is 6.54 Å². The minimum atomic E-state index is -0.694. The molecule has 0 fully saturated rings. The van der Waals surface area contributed by atoms with Crippen LogP contribution in [0, 0.1) is 10.1 Å². The van der Waals surface area contributed by atoms with E-state index in [1.807, 2.05) is 6.92 Å². The molecule has 7 nitrogen and oxygen atoms in total. The van der Waals surface area contributed by atoms with Gasteiger partial charge in [0.25, 0.3) is 5.69 Å². The smallest absolute Gasteiger partial charge is 0.409 e. The van der Waals surface area contributed by atoms with Gasteiger partial charge >= 0.3 is 6.09 Å². The van der Waals surface area contributed by atoms with E-state index < -0.39 is 11.0 Å². The molecule has 0 atom stereocenters. The minimum Gasteiger partial charge on any atom is -0.409 e. The number of benzene rings is 1. The summed E-state index contributed by atoms with van der Waals surface area (Å²) in [5.74, 6) is 5.62. The molecule has 0 heterocycles. The second-order valence-electron chi connectivity index (χ2n) is 3.31. The fourth-order valence-electron chi connectivity index (χ4n) is 1.13. The van der Waals surface area contributed by atoms with Crippen LogP contribution < -0.4 is 10.6 Å². The number of hydrogen-bond acceptors (Lipinski definition) is 5. The van der Waals surface area contributed by atoms with Gasteiger partial charge in [-0.15, -0.1) is 0 Å². The highest BCUT2D eigenvalue weighted by Crippen LogP contribution is 2.17. The van der Waals surface area contributed by atoms with Gasteiger partial charge in [-0.05, 0) is 18.6 Å². The lowest BCUT2D eigenvalue weighted by Gasteiger charge is -2.14. The molecule has 1 aromatic carbocycles. The largest absolute Gasteiger partial charge is 0.429 e. The summed E-state index contributed by atoms with van der Waals surface area (Å²) in [5, 5.41) is 11.3. The van der Waals surface area contributed by atoms with Gasteiger partial charge < -0.3 is 4.74 Å². The SMILES string of the molecule is CCCN(N)C(=O)Oc1ccc([N+](=O)[O-])cc1. The first-order chi connectivity index (χ1) is 8.04. The fourth-order valence-corrected chi connectivity index (χ4v) is 1.13. The monoisotopic (exact) mass is 239 g/mol. The molecular formula is C10H13N3O4. The highest BCUT2D eigenvalue weighted by molar-refractivity contribution is 5.70. The molecule has 92 valence electrons. The Labute approximate surface area is 97.9 Å². The molecule has 0 saturated carbocycles. The Bertz CT molecular complexity index is 405. The van der Waals surface area contributed by atoms with Crippen LogP contribution in [0.2, 0.25) is 0 Å². The molecule has 0 saturated heterocycles. The Morgan fingerprint density at radius 3 is 2.53 bits per heavy atom. The summed E-state index contributed by atoms with van der Waals surface area (Å²) in [6.45, 7) is 2.25. The summed E-state index contributed by atoms with van der Waals surface area (Å²) < 4.78 is 4.90. The number of amides is 1. The maximum Gasteiger partial charge on any atom is 0.429 e. The highest BCUT2D eigenvalue weighted by Gasteiger charge is 2.12. The maximum absolute atomic E-state index is 11.4. The van der Waals surface area contributed by atoms with E-state index in [1.165, 1.54) is 24.3 Å². The molecule has 0 aliphatic rings. The molecule has 0 radical (unpaired) electrons. The maximum atomic E-state index is 11.4. The van der Waals surface area contributed by atoms with Gasteiger partial charge in [0, 0.05) is 18.7 Å². The minimum absolute atomic E-state index is 0.0667. The van der Waals surface area contributed by atoms with Crippen molar-refractivity contribution >= 4 is 11.8 Å². The Morgan fingerprint density at radius 2 is 2.06 bits per heavy atom. The van der Waals surface area contributed by atoms with Crippen molar-refractivity contribution < 1.29 is 14.5 Å². The van der Waals surface area contributed by atoms with Crippen molar-refractivity contribution in [2.24, 2.45) is 5.84 Å². The van der Waals surface area contributed by atoms with Gasteiger partial charge in [-0.25, -0.2) is 15.6 Å². The number of carbonyl (C=O) groups excluding carboxylic acids is 1. The van der Waals surface area contributed by atoms with E-state index in [2.05, 4.69) is 0 Å². The van der Waals surface area contributed by atoms with E-state index in [0.717, 1.165) is 5.01 Å². The molecular weight excluding hydrogens is 226 g/mol. The van der Waals surface area contributed by atoms with Gasteiger partial charge in [0.15, 0.2) is 0 Å². The van der Waals surface area contributed by atoms with E-state index in [9.17, 15) is 14.9 Å². The van der Waals surface area contributed by atoms with E-state index in [0.29, 0.717) is 13.0 Å². The van der Waals surface area contributed by atoms with Crippen molar-refractivity contribution in [1.82, 2.24) is 5.01 Å². The van der Waals surface area contributed by atoms with Crippen molar-refractivity contribution in [3.63, 3.8) is 0 Å². The van der Waals surface area contributed by atoms with Gasteiger partial charge in [-0.2, -0.15) is 0 Å². The first-order valence-corrected chi connectivity index (χ1v) is 5.03. The molecule has 0 aromatic heterocycles. The number of ether oxygens (including phenoxy) is 1. The zero-order chi connectivity index (χ0) is 12.8. The summed E-state index contributed by atoms with van der Waals surface area (Å²) in [5.41, 5.74) is -0.0667. The highest BCUT2D eigenvalue weighted by atomic mass is 16.6. The summed E-state index contributed by atoms with van der Waals surface area (Å²) in [6, 6.07) is 5.19. The molecule has 1 amide bonds. The van der Waals surface area contributed by atoms with E-state index in [4.69, 9.17) is 10.6 Å². The van der Waals surface area contributed by atoms with Crippen LogP contribution in [-0.4, -0.2) is 22.6 Å². The van der Waals surface area contributed by atoms with Crippen LogP contribution in [0.1, 0.15) is 13.3 Å². The summed E-state index contributed by atoms with van der Waals surface area (Å²) in [6.07, 6.45) is 0.0204. The zero-order valence-electron chi connectivity index (χ0n) is 9.33. The molecule has 7 heteroatoms. The first kappa shape index (κ1) is 12.9. The second kappa shape index (κ2) is 5.80. The van der Waals surface area contributed by atoms with Crippen LogP contribution in [0.3, 0.4) is 0 Å². The first-order valence-electron chi connectivity index (χ1n) is 5.03. The lowest BCUT2D eigenvalue weighted by Crippen LogP contribution is -2.39. The van der Waals surface area contributed by atoms with Crippen molar-refractivity contribution in [2.45, 2.75) is 13.3 Å². The predicted octanol–water partition coefficient (Wildman–Crippen LogP) is 1.68. The van der Waals surface area contributed by atoms with E-state index in [-0.39, 0.29) is 11.4 Å². The number of nitrogens with zero attached hydrogens (tertiary/aromatic N) is 2. The Hall–Kier alpha value is -2.15. The second-order valence-corrected chi connectivity index (χ2v) is 3.31. The number of rotatable bonds is 4. The van der Waals surface area contributed by atoms with Crippen LogP contribution in [0.4, 0.5) is 10.5 Å². The molecule has 0 bridgehead atoms. The average Bonchev–Trinajstić information content (AvgIpc) is 2.30. The van der Waals surface area contributed by atoms with Gasteiger partial charge in [-0.1, -0.05) is 6.92 Å². The number of hydrogen-bond donors (Lipinski definition) is 1. The number of nitro groups is 1. The Balaban J connectivity index is 2.63. The molecule has 0 aliphatic heterocycles. The number of hydrazine groups is 1. The lowest BCUT2D eigenvalue weighted by atomic mass is 10.3. The molecule has 17 heavy (non-hydrogen) atoms. The van der Waals surface area contributed by atoms with Crippen LogP contribution in [0.5, 0.6) is 5.75 Å². The van der Waals surface area contributed by atoms with Crippen LogP contribution in [0.15, 0.2) is 24.3 Å². The van der Waals surface area contributed by atoms with E-state index in [1.54, 1.807) is 0 Å². The number of nitrogens with two attached hydrogens (primary N) is 1. The Kier molecular flexibility index (Phi) is 4.41. The molecule has 0 spiro atoms. The lowest BCUT2D eigenvalue weighted by molar-refractivity contribution is -0.384. The third kappa shape index (κ3) is 3.72. The number of non-ortho nitro benzene ring substituents is 1. The summed E-state index contributed by atoms with van der Waals surface area (Å²) in [7, 11) is 0. The molecule has 1 aromatic rings. The van der Waals surface area contributed by atoms with Crippen LogP contribution >= 0.6 is 0 Å². The molecule has 0 aliphatic carbocycles. The normalized spacial score (nSPS) is 9.76. The number of carbonyl (C=O) groups is 1. The van der Waals surface area contributed by atoms with Crippen LogP contribution in [-0.2, 0) is 0 Å². The van der Waals surface area contributed by atoms with Gasteiger partial charge in [0.1, 0.15) is 5.75 Å². The summed E-state index contributed by atoms with van der Waals surface area (Å²) in [4.78, 5) is 21.2. The Morgan fingerprint density at radius 1 is 1.47 bits per heavy atom. The van der Waals surface area contributed by atoms with Crippen molar-refractivity contribution in [3.8, 4) is 5.75 Å². The predicted molar refractivity (Wildman–Crippen MR) is 60.3 cm³/mol. The third-order valence-electron chi connectivity index (χ3n) is 1.95. The van der Waals surface area contributed by atoms with E-state index >= 15 is 0 Å². The quantitative estimate of drug-likeness (QED) is 0.373. The van der Waals surface area contributed by atoms with Gasteiger partial charge in [0.2, 0.25) is 0 Å². The zero-order valence-corrected chi connectivity index (χ0v) is 9.33. The van der Waals surface area contributed by atoms with Gasteiger partial charge in [-0.3, -0.25) is 10.1 Å². The van der Waals surface area contributed by atoms with Gasteiger partial charge in [0.05, 0.1) is 4.92 Å². The van der Waals surface area contributed by atoms with Crippen LogP contribution in [0.25, 0.3) is 0 Å². The van der Waals surface area contributed by atoms with Crippen molar-refractivity contribution in [3.05, 3.63) is 34.4 Å². The standard InChI is InChI=1S/C10H13N3O4/c1-2-7-12(11)10(14)17-9-5-3-8(4-6-9)13(15)16/h3-6H,2,7,11H2,1H3. The third-order valence-corrected chi connectivity index (χ3v) is 1.95. The fraction of sp³-hybridized carbons (Fsp3) is 0.300. The molecule has 2 N–H and O–H groups in total. The number of nitro benzene ring substituents is 1. The topological polar surface area (TPSA) is 98.7 Å². The summed E-state index contributed by atoms with van der Waals surface area (Å²) >= 11 is 0.